The number of piperidine rings is 1. The van der Waals surface area contributed by atoms with Gasteiger partial charge in [-0.3, -0.25) is 15.0 Å². The summed E-state index contributed by atoms with van der Waals surface area (Å²) in [6.45, 7) is 4.13. The smallest absolute Gasteiger partial charge is 0.321 e. The van der Waals surface area contributed by atoms with Crippen LogP contribution in [0.1, 0.15) is 39.5 Å². The van der Waals surface area contributed by atoms with E-state index in [-0.39, 0.29) is 30.1 Å². The fourth-order valence-electron chi connectivity index (χ4n) is 3.37. The Morgan fingerprint density at radius 3 is 2.42 bits per heavy atom. The van der Waals surface area contributed by atoms with Crippen LogP contribution in [-0.4, -0.2) is 52.7 Å². The molecule has 0 radical (unpaired) electrons. The first kappa shape index (κ1) is 14.3. The summed E-state index contributed by atoms with van der Waals surface area (Å²) in [6, 6.07) is -0.233. The molecule has 2 rings (SSSR count). The number of nitrogens with zero attached hydrogens (tertiary/aromatic N) is 1. The maximum absolute atomic E-state index is 12.1. The minimum Gasteiger partial charge on any atom is -0.393 e. The van der Waals surface area contributed by atoms with Crippen molar-refractivity contribution in [2.45, 2.75) is 63.8 Å². The zero-order valence-electron chi connectivity index (χ0n) is 11.6. The molecule has 3 N–H and O–H groups in total. The van der Waals surface area contributed by atoms with E-state index in [2.05, 4.69) is 15.5 Å². The van der Waals surface area contributed by atoms with Crippen molar-refractivity contribution in [1.82, 2.24) is 15.5 Å². The molecule has 19 heavy (non-hydrogen) atoms. The van der Waals surface area contributed by atoms with E-state index in [1.54, 1.807) is 6.92 Å². The van der Waals surface area contributed by atoms with Gasteiger partial charge in [0.1, 0.15) is 0 Å². The monoisotopic (exact) mass is 269 g/mol. The average molecular weight is 269 g/mol. The van der Waals surface area contributed by atoms with Gasteiger partial charge in [0.25, 0.3) is 0 Å². The van der Waals surface area contributed by atoms with Gasteiger partial charge in [0.05, 0.1) is 12.1 Å². The lowest BCUT2D eigenvalue weighted by molar-refractivity contribution is -0.127. The Bertz CT molecular complexity index is 347. The Balaban J connectivity index is 1.94. The number of aliphatic hydroxyl groups excluding tert-OH is 1. The maximum Gasteiger partial charge on any atom is 0.321 e. The van der Waals surface area contributed by atoms with Gasteiger partial charge < -0.3 is 10.4 Å². The van der Waals surface area contributed by atoms with Crippen molar-refractivity contribution in [3.05, 3.63) is 0 Å². The van der Waals surface area contributed by atoms with E-state index in [9.17, 15) is 14.7 Å². The van der Waals surface area contributed by atoms with Crippen molar-refractivity contribution < 1.29 is 14.7 Å². The molecule has 2 saturated heterocycles. The van der Waals surface area contributed by atoms with Crippen LogP contribution in [0.4, 0.5) is 4.79 Å². The van der Waals surface area contributed by atoms with Crippen molar-refractivity contribution in [3.63, 3.8) is 0 Å². The van der Waals surface area contributed by atoms with E-state index in [0.29, 0.717) is 6.54 Å². The van der Waals surface area contributed by atoms with Gasteiger partial charge in [0, 0.05) is 18.6 Å². The molecule has 0 spiro atoms. The molecule has 6 nitrogen and oxygen atoms in total. The highest BCUT2D eigenvalue weighted by Crippen LogP contribution is 2.37. The Kier molecular flexibility index (Phi) is 4.42. The van der Waals surface area contributed by atoms with Crippen molar-refractivity contribution in [1.29, 1.82) is 0 Å². The molecular formula is C13H23N3O3. The van der Waals surface area contributed by atoms with Gasteiger partial charge in [-0.25, -0.2) is 4.79 Å². The molecule has 0 aromatic heterocycles. The number of hydrogen-bond donors (Lipinski definition) is 3. The van der Waals surface area contributed by atoms with E-state index in [0.717, 1.165) is 25.7 Å². The van der Waals surface area contributed by atoms with Gasteiger partial charge in [-0.05, 0) is 39.5 Å². The summed E-state index contributed by atoms with van der Waals surface area (Å²) >= 11 is 0. The summed E-state index contributed by atoms with van der Waals surface area (Å²) in [7, 11) is 0. The number of fused-ring (bicyclic) bond motifs is 2. The predicted molar refractivity (Wildman–Crippen MR) is 70.6 cm³/mol. The summed E-state index contributed by atoms with van der Waals surface area (Å²) in [4.78, 5) is 25.6. The first-order valence-corrected chi connectivity index (χ1v) is 7.07. The van der Waals surface area contributed by atoms with Gasteiger partial charge >= 0.3 is 6.03 Å². The minimum absolute atomic E-state index is 0.243. The maximum atomic E-state index is 12.1. The van der Waals surface area contributed by atoms with Gasteiger partial charge in [-0.15, -0.1) is 0 Å². The van der Waals surface area contributed by atoms with Crippen LogP contribution in [0.25, 0.3) is 0 Å². The van der Waals surface area contributed by atoms with E-state index >= 15 is 0 Å². The highest BCUT2D eigenvalue weighted by molar-refractivity contribution is 5.96. The van der Waals surface area contributed by atoms with Gasteiger partial charge in [-0.1, -0.05) is 0 Å². The van der Waals surface area contributed by atoms with Crippen LogP contribution in [0.5, 0.6) is 0 Å². The molecule has 3 amide bonds. The van der Waals surface area contributed by atoms with Crippen LogP contribution in [0.3, 0.4) is 0 Å². The summed E-state index contributed by atoms with van der Waals surface area (Å²) in [5.74, 6) is -0.265. The number of nitrogens with one attached hydrogen (secondary N) is 2. The Morgan fingerprint density at radius 1 is 1.32 bits per heavy atom. The molecule has 3 atom stereocenters. The molecule has 108 valence electrons. The minimum atomic E-state index is -0.441. The number of amides is 3. The van der Waals surface area contributed by atoms with Gasteiger partial charge in [-0.2, -0.15) is 0 Å². The third-order valence-electron chi connectivity index (χ3n) is 4.17. The standard InChI is InChI=1S/C13H23N3O3/c1-3-14-13(19)15-12(18)8(2)16-9-4-5-10(16)7-11(17)6-9/h8-11,17H,3-7H2,1-2H3,(H2,14,15,18,19). The highest BCUT2D eigenvalue weighted by Gasteiger charge is 2.44. The largest absolute Gasteiger partial charge is 0.393 e. The van der Waals surface area contributed by atoms with Crippen LogP contribution < -0.4 is 10.6 Å². The summed E-state index contributed by atoms with van der Waals surface area (Å²) in [5.41, 5.74) is 0. The van der Waals surface area contributed by atoms with Crippen LogP contribution in [-0.2, 0) is 4.79 Å². The molecule has 2 heterocycles. The second kappa shape index (κ2) is 5.88. The lowest BCUT2D eigenvalue weighted by Crippen LogP contribution is -2.56. The summed E-state index contributed by atoms with van der Waals surface area (Å²) < 4.78 is 0. The Hall–Kier alpha value is -1.14. The number of carbonyl (C=O) groups excluding carboxylic acids is 2. The first-order chi connectivity index (χ1) is 9.02. The second-order valence-electron chi connectivity index (χ2n) is 5.48. The van der Waals surface area contributed by atoms with Crippen molar-refractivity contribution >= 4 is 11.9 Å². The third-order valence-corrected chi connectivity index (χ3v) is 4.17. The topological polar surface area (TPSA) is 81.7 Å². The molecule has 0 aliphatic carbocycles. The molecule has 3 unspecified atom stereocenters. The Morgan fingerprint density at radius 2 is 1.89 bits per heavy atom. The fourth-order valence-corrected chi connectivity index (χ4v) is 3.37. The highest BCUT2D eigenvalue weighted by atomic mass is 16.3. The molecule has 6 heteroatoms. The zero-order chi connectivity index (χ0) is 14.0. The third kappa shape index (κ3) is 3.06. The molecular weight excluding hydrogens is 246 g/mol. The normalized spacial score (nSPS) is 31.8. The summed E-state index contributed by atoms with van der Waals surface area (Å²) in [6.07, 6.45) is 3.28. The fraction of sp³-hybridized carbons (Fsp3) is 0.846. The lowest BCUT2D eigenvalue weighted by atomic mass is 9.98. The molecule has 2 fully saturated rings. The second-order valence-corrected chi connectivity index (χ2v) is 5.48. The van der Waals surface area contributed by atoms with E-state index < -0.39 is 6.03 Å². The summed E-state index contributed by atoms with van der Waals surface area (Å²) in [5, 5.41) is 14.7. The number of hydrogen-bond acceptors (Lipinski definition) is 4. The lowest BCUT2D eigenvalue weighted by Gasteiger charge is -2.40. The van der Waals surface area contributed by atoms with Crippen molar-refractivity contribution in [2.24, 2.45) is 0 Å². The van der Waals surface area contributed by atoms with Crippen molar-refractivity contribution in [3.8, 4) is 0 Å². The molecule has 0 aromatic carbocycles. The van der Waals surface area contributed by atoms with E-state index in [1.165, 1.54) is 0 Å². The first-order valence-electron chi connectivity index (χ1n) is 7.07. The van der Waals surface area contributed by atoms with Crippen LogP contribution in [0.15, 0.2) is 0 Å². The van der Waals surface area contributed by atoms with Crippen molar-refractivity contribution in [2.75, 3.05) is 6.54 Å². The number of urea groups is 1. The number of rotatable bonds is 3. The van der Waals surface area contributed by atoms with E-state index in [1.807, 2.05) is 6.92 Å². The SMILES string of the molecule is CCNC(=O)NC(=O)C(C)N1C2CCC1CC(O)C2. The van der Waals surface area contributed by atoms with Crippen LogP contribution in [0.2, 0.25) is 0 Å². The van der Waals surface area contributed by atoms with E-state index in [4.69, 9.17) is 0 Å². The van der Waals surface area contributed by atoms with Crippen LogP contribution >= 0.6 is 0 Å². The Labute approximate surface area is 113 Å². The van der Waals surface area contributed by atoms with Crippen LogP contribution in [0, 0.1) is 0 Å². The molecule has 2 bridgehead atoms. The zero-order valence-corrected chi connectivity index (χ0v) is 11.6. The average Bonchev–Trinajstić information content (AvgIpc) is 2.60. The molecule has 0 aromatic rings. The molecule has 0 saturated carbocycles. The van der Waals surface area contributed by atoms with Gasteiger partial charge in [0.2, 0.25) is 5.91 Å². The molecule has 2 aliphatic rings. The quantitative estimate of drug-likeness (QED) is 0.684. The number of carbonyl (C=O) groups is 2. The van der Waals surface area contributed by atoms with Gasteiger partial charge in [0.15, 0.2) is 0 Å². The number of imide groups is 1. The number of aliphatic hydroxyl groups is 1. The molecule has 2 aliphatic heterocycles. The predicted octanol–water partition coefficient (Wildman–Crippen LogP) is 0.208.